The van der Waals surface area contributed by atoms with Crippen LogP contribution in [0.2, 0.25) is 5.02 Å². The van der Waals surface area contributed by atoms with Crippen molar-refractivity contribution in [2.75, 3.05) is 29.5 Å². The van der Waals surface area contributed by atoms with Crippen molar-refractivity contribution >= 4 is 34.7 Å². The highest BCUT2D eigenvalue weighted by molar-refractivity contribution is 6.31. The summed E-state index contributed by atoms with van der Waals surface area (Å²) in [6.45, 7) is 5.78. The fourth-order valence-electron chi connectivity index (χ4n) is 2.33. The van der Waals surface area contributed by atoms with Crippen molar-refractivity contribution in [3.8, 4) is 0 Å². The highest BCUT2D eigenvalue weighted by Crippen LogP contribution is 2.24. The minimum Gasteiger partial charge on any atom is -0.397 e. The highest BCUT2D eigenvalue weighted by Gasteiger charge is 2.11. The van der Waals surface area contributed by atoms with Crippen LogP contribution >= 0.6 is 11.6 Å². The minimum atomic E-state index is -0.150. The van der Waals surface area contributed by atoms with Crippen LogP contribution in [0.3, 0.4) is 0 Å². The zero-order chi connectivity index (χ0) is 17.5. The molecule has 0 radical (unpaired) electrons. The molecule has 24 heavy (non-hydrogen) atoms. The van der Waals surface area contributed by atoms with Gasteiger partial charge in [-0.15, -0.1) is 0 Å². The molecule has 5 nitrogen and oxygen atoms in total. The lowest BCUT2D eigenvalue weighted by Gasteiger charge is -2.20. The average Bonchev–Trinajstić information content (AvgIpc) is 2.57. The first-order valence-electron chi connectivity index (χ1n) is 7.97. The van der Waals surface area contributed by atoms with Crippen LogP contribution in [0.5, 0.6) is 0 Å². The van der Waals surface area contributed by atoms with Gasteiger partial charge in [-0.3, -0.25) is 0 Å². The van der Waals surface area contributed by atoms with E-state index in [1.165, 1.54) is 0 Å². The van der Waals surface area contributed by atoms with Gasteiger partial charge in [-0.1, -0.05) is 29.8 Å². The molecule has 0 atom stereocenters. The first-order valence-corrected chi connectivity index (χ1v) is 8.35. The Balaban J connectivity index is 2.02. The van der Waals surface area contributed by atoms with Crippen LogP contribution in [0.4, 0.5) is 21.9 Å². The fourth-order valence-corrected chi connectivity index (χ4v) is 2.53. The maximum absolute atomic E-state index is 12.1. The van der Waals surface area contributed by atoms with Crippen molar-refractivity contribution in [3.63, 3.8) is 0 Å². The molecular formula is C18H23ClN4O. The van der Waals surface area contributed by atoms with E-state index in [1.54, 1.807) is 17.0 Å². The van der Waals surface area contributed by atoms with E-state index in [1.807, 2.05) is 44.2 Å². The van der Waals surface area contributed by atoms with Gasteiger partial charge in [-0.05, 0) is 43.7 Å². The average molecular weight is 347 g/mol. The number of urea groups is 1. The van der Waals surface area contributed by atoms with Crippen LogP contribution in [0.15, 0.2) is 42.5 Å². The summed E-state index contributed by atoms with van der Waals surface area (Å²) < 4.78 is 0. The number of carbonyl (C=O) groups excluding carboxylic acids is 1. The van der Waals surface area contributed by atoms with E-state index in [4.69, 9.17) is 17.3 Å². The number of hydrogen-bond donors (Lipinski definition) is 3. The first-order chi connectivity index (χ1) is 11.5. The van der Waals surface area contributed by atoms with Crippen LogP contribution in [0, 0.1) is 0 Å². The molecule has 0 heterocycles. The summed E-state index contributed by atoms with van der Waals surface area (Å²) in [5.41, 5.74) is 9.05. The zero-order valence-corrected chi connectivity index (χ0v) is 14.7. The number of carbonyl (C=O) groups is 1. The highest BCUT2D eigenvalue weighted by atomic mass is 35.5. The van der Waals surface area contributed by atoms with Crippen molar-refractivity contribution in [1.82, 2.24) is 4.90 Å². The SMILES string of the molecule is CCN(CC)C(=O)Nc1ccc(NCc2ccccc2Cl)cc1N. The van der Waals surface area contributed by atoms with Gasteiger partial charge in [0.25, 0.3) is 0 Å². The van der Waals surface area contributed by atoms with Crippen molar-refractivity contribution in [2.45, 2.75) is 20.4 Å². The lowest BCUT2D eigenvalue weighted by Crippen LogP contribution is -2.34. The molecule has 2 rings (SSSR count). The van der Waals surface area contributed by atoms with E-state index in [9.17, 15) is 4.79 Å². The number of nitrogens with two attached hydrogens (primary N) is 1. The molecule has 0 saturated carbocycles. The second-order valence-corrected chi connectivity index (χ2v) is 5.76. The Morgan fingerprint density at radius 2 is 1.88 bits per heavy atom. The van der Waals surface area contributed by atoms with Gasteiger partial charge in [0.15, 0.2) is 0 Å². The van der Waals surface area contributed by atoms with E-state index in [0.717, 1.165) is 16.3 Å². The van der Waals surface area contributed by atoms with Crippen LogP contribution in [0.1, 0.15) is 19.4 Å². The quantitative estimate of drug-likeness (QED) is 0.678. The van der Waals surface area contributed by atoms with Gasteiger partial charge in [-0.2, -0.15) is 0 Å². The summed E-state index contributed by atoms with van der Waals surface area (Å²) in [6, 6.07) is 13.0. The monoisotopic (exact) mass is 346 g/mol. The summed E-state index contributed by atoms with van der Waals surface area (Å²) in [6.07, 6.45) is 0. The van der Waals surface area contributed by atoms with Crippen LogP contribution < -0.4 is 16.4 Å². The van der Waals surface area contributed by atoms with Gasteiger partial charge in [-0.25, -0.2) is 4.79 Å². The smallest absolute Gasteiger partial charge is 0.321 e. The molecule has 0 aromatic heterocycles. The molecule has 0 aliphatic heterocycles. The Morgan fingerprint density at radius 1 is 1.17 bits per heavy atom. The number of rotatable bonds is 6. The molecule has 128 valence electrons. The topological polar surface area (TPSA) is 70.4 Å². The molecule has 2 aromatic carbocycles. The zero-order valence-electron chi connectivity index (χ0n) is 14.0. The summed E-state index contributed by atoms with van der Waals surface area (Å²) in [4.78, 5) is 13.8. The summed E-state index contributed by atoms with van der Waals surface area (Å²) in [5, 5.41) is 6.84. The Morgan fingerprint density at radius 3 is 2.50 bits per heavy atom. The molecule has 0 unspecified atom stereocenters. The minimum absolute atomic E-state index is 0.150. The summed E-state index contributed by atoms with van der Waals surface area (Å²) in [5.74, 6) is 0. The van der Waals surface area contributed by atoms with Crippen molar-refractivity contribution < 1.29 is 4.79 Å². The molecule has 0 bridgehead atoms. The predicted molar refractivity (Wildman–Crippen MR) is 102 cm³/mol. The third-order valence-electron chi connectivity index (χ3n) is 3.78. The normalized spacial score (nSPS) is 10.3. The Labute approximate surface area is 147 Å². The van der Waals surface area contributed by atoms with E-state index in [2.05, 4.69) is 10.6 Å². The second kappa shape index (κ2) is 8.45. The lowest BCUT2D eigenvalue weighted by molar-refractivity contribution is 0.217. The van der Waals surface area contributed by atoms with Crippen LogP contribution in [-0.2, 0) is 6.54 Å². The van der Waals surface area contributed by atoms with Gasteiger partial charge in [0.1, 0.15) is 0 Å². The maximum atomic E-state index is 12.1. The summed E-state index contributed by atoms with van der Waals surface area (Å²) >= 11 is 6.14. The molecular weight excluding hydrogens is 324 g/mol. The molecule has 6 heteroatoms. The van der Waals surface area contributed by atoms with Gasteiger partial charge in [0, 0.05) is 30.3 Å². The first kappa shape index (κ1) is 17.9. The van der Waals surface area contributed by atoms with Crippen molar-refractivity contribution in [2.24, 2.45) is 0 Å². The number of halogens is 1. The number of nitrogens with one attached hydrogen (secondary N) is 2. The Hall–Kier alpha value is -2.40. The Bertz CT molecular complexity index is 701. The molecule has 0 aliphatic rings. The van der Waals surface area contributed by atoms with E-state index < -0.39 is 0 Å². The van der Waals surface area contributed by atoms with Crippen LogP contribution in [-0.4, -0.2) is 24.0 Å². The molecule has 2 amide bonds. The number of benzene rings is 2. The van der Waals surface area contributed by atoms with Crippen molar-refractivity contribution in [3.05, 3.63) is 53.1 Å². The Kier molecular flexibility index (Phi) is 6.32. The maximum Gasteiger partial charge on any atom is 0.321 e. The van der Waals surface area contributed by atoms with E-state index in [0.29, 0.717) is 31.0 Å². The second-order valence-electron chi connectivity index (χ2n) is 5.35. The number of hydrogen-bond acceptors (Lipinski definition) is 3. The molecule has 0 spiro atoms. The van der Waals surface area contributed by atoms with Crippen molar-refractivity contribution in [1.29, 1.82) is 0 Å². The lowest BCUT2D eigenvalue weighted by atomic mass is 10.2. The van der Waals surface area contributed by atoms with E-state index in [-0.39, 0.29) is 6.03 Å². The molecule has 4 N–H and O–H groups in total. The third kappa shape index (κ3) is 4.55. The van der Waals surface area contributed by atoms with Gasteiger partial charge >= 0.3 is 6.03 Å². The number of nitrogen functional groups attached to an aromatic ring is 1. The molecule has 0 aliphatic carbocycles. The number of amides is 2. The number of anilines is 3. The van der Waals surface area contributed by atoms with Gasteiger partial charge < -0.3 is 21.3 Å². The fraction of sp³-hybridized carbons (Fsp3) is 0.278. The largest absolute Gasteiger partial charge is 0.397 e. The number of nitrogens with zero attached hydrogens (tertiary/aromatic N) is 1. The third-order valence-corrected chi connectivity index (χ3v) is 4.15. The van der Waals surface area contributed by atoms with E-state index >= 15 is 0 Å². The van der Waals surface area contributed by atoms with Crippen LogP contribution in [0.25, 0.3) is 0 Å². The van der Waals surface area contributed by atoms with Gasteiger partial charge in [0.05, 0.1) is 11.4 Å². The summed E-state index contributed by atoms with van der Waals surface area (Å²) in [7, 11) is 0. The van der Waals surface area contributed by atoms with Gasteiger partial charge in [0.2, 0.25) is 0 Å². The molecule has 0 fully saturated rings. The standard InChI is InChI=1S/C18H23ClN4O/c1-3-23(4-2)18(24)22-17-10-9-14(11-16(17)20)21-12-13-7-5-6-8-15(13)19/h5-11,21H,3-4,12,20H2,1-2H3,(H,22,24). The predicted octanol–water partition coefficient (Wildman–Crippen LogP) is 4.41. The molecule has 0 saturated heterocycles. The molecule has 2 aromatic rings.